The molecule has 4 nitrogen and oxygen atoms in total. The molecule has 4 heteroatoms. The Morgan fingerprint density at radius 1 is 0.913 bits per heavy atom. The van der Waals surface area contributed by atoms with Gasteiger partial charge in [-0.15, -0.1) is 5.10 Å². The van der Waals surface area contributed by atoms with Gasteiger partial charge in [0.2, 0.25) is 0 Å². The molecule has 23 heavy (non-hydrogen) atoms. The molecule has 1 aromatic heterocycles. The summed E-state index contributed by atoms with van der Waals surface area (Å²) in [7, 11) is 0. The second-order valence-corrected chi connectivity index (χ2v) is 6.45. The molecule has 0 amide bonds. The number of benzene rings is 1. The molecular formula is C19H32N4. The molecule has 128 valence electrons. The topological polar surface area (TPSA) is 53.6 Å². The predicted octanol–water partition coefficient (Wildman–Crippen LogP) is 4.62. The molecule has 0 radical (unpaired) electrons. The lowest BCUT2D eigenvalue weighted by molar-refractivity contribution is 0.549. The average molecular weight is 316 g/mol. The quantitative estimate of drug-likeness (QED) is 0.530. The van der Waals surface area contributed by atoms with Crippen LogP contribution in [0.1, 0.15) is 70.3 Å². The van der Waals surface area contributed by atoms with Gasteiger partial charge in [0.15, 0.2) is 0 Å². The highest BCUT2D eigenvalue weighted by Gasteiger charge is 2.03. The van der Waals surface area contributed by atoms with Crippen molar-refractivity contribution >= 4 is 11.0 Å². The smallest absolute Gasteiger partial charge is 0.116 e. The maximum absolute atomic E-state index is 4.16. The highest BCUT2D eigenvalue weighted by molar-refractivity contribution is 5.77. The number of aromatic nitrogens is 3. The van der Waals surface area contributed by atoms with E-state index in [2.05, 4.69) is 39.8 Å². The standard InChI is InChI=1S/C19H32N4/c1-2-3-4-5-6-7-8-9-10-15-20-16-14-17-12-11-13-18-19(17)22-23-21-18/h11-13,20H,2-10,14-16H2,1H3,(H,21,22,23). The molecular weight excluding hydrogens is 284 g/mol. The number of aromatic amines is 1. The Kier molecular flexibility index (Phi) is 8.70. The first kappa shape index (κ1) is 17.9. The molecule has 2 N–H and O–H groups in total. The van der Waals surface area contributed by atoms with Gasteiger partial charge >= 0.3 is 0 Å². The Balaban J connectivity index is 1.45. The van der Waals surface area contributed by atoms with E-state index in [1.807, 2.05) is 6.07 Å². The molecule has 0 spiro atoms. The second kappa shape index (κ2) is 11.2. The number of fused-ring (bicyclic) bond motifs is 1. The van der Waals surface area contributed by atoms with Crippen molar-refractivity contribution < 1.29 is 0 Å². The van der Waals surface area contributed by atoms with Crippen molar-refractivity contribution in [1.29, 1.82) is 0 Å². The van der Waals surface area contributed by atoms with Crippen LogP contribution in [0.4, 0.5) is 0 Å². The zero-order chi connectivity index (χ0) is 16.2. The maximum Gasteiger partial charge on any atom is 0.116 e. The van der Waals surface area contributed by atoms with E-state index in [1.165, 1.54) is 63.4 Å². The van der Waals surface area contributed by atoms with E-state index in [0.29, 0.717) is 0 Å². The van der Waals surface area contributed by atoms with E-state index < -0.39 is 0 Å². The van der Waals surface area contributed by atoms with E-state index in [0.717, 1.165) is 30.5 Å². The van der Waals surface area contributed by atoms with Crippen LogP contribution < -0.4 is 5.32 Å². The minimum Gasteiger partial charge on any atom is -0.316 e. The average Bonchev–Trinajstić information content (AvgIpc) is 3.05. The number of unbranched alkanes of at least 4 members (excludes halogenated alkanes) is 8. The molecule has 0 unspecified atom stereocenters. The van der Waals surface area contributed by atoms with E-state index in [4.69, 9.17) is 0 Å². The number of rotatable bonds is 13. The molecule has 2 aromatic rings. The van der Waals surface area contributed by atoms with Crippen LogP contribution in [0.2, 0.25) is 0 Å². The summed E-state index contributed by atoms with van der Waals surface area (Å²) in [5, 5.41) is 14.5. The van der Waals surface area contributed by atoms with Crippen molar-refractivity contribution in [2.24, 2.45) is 0 Å². The van der Waals surface area contributed by atoms with Gasteiger partial charge in [0.25, 0.3) is 0 Å². The van der Waals surface area contributed by atoms with E-state index in [-0.39, 0.29) is 0 Å². The third-order valence-corrected chi connectivity index (χ3v) is 4.47. The highest BCUT2D eigenvalue weighted by atomic mass is 15.3. The van der Waals surface area contributed by atoms with Gasteiger partial charge in [0.05, 0.1) is 5.52 Å². The maximum atomic E-state index is 4.16. The SMILES string of the molecule is CCCCCCCCCCCNCCc1cccc2[nH]nnc12. The third-order valence-electron chi connectivity index (χ3n) is 4.47. The molecule has 0 fully saturated rings. The first-order chi connectivity index (χ1) is 11.4. The summed E-state index contributed by atoms with van der Waals surface area (Å²) >= 11 is 0. The minimum absolute atomic E-state index is 1.01. The molecule has 0 aliphatic rings. The zero-order valence-corrected chi connectivity index (χ0v) is 14.6. The van der Waals surface area contributed by atoms with Gasteiger partial charge in [-0.05, 0) is 37.6 Å². The van der Waals surface area contributed by atoms with E-state index in [9.17, 15) is 0 Å². The minimum atomic E-state index is 1.01. The molecule has 0 saturated heterocycles. The van der Waals surface area contributed by atoms with Gasteiger partial charge < -0.3 is 5.32 Å². The van der Waals surface area contributed by atoms with Gasteiger partial charge in [-0.3, -0.25) is 5.10 Å². The Hall–Kier alpha value is -1.42. The number of nitrogens with zero attached hydrogens (tertiary/aromatic N) is 2. The first-order valence-electron chi connectivity index (χ1n) is 9.41. The summed E-state index contributed by atoms with van der Waals surface area (Å²) in [4.78, 5) is 0. The fourth-order valence-corrected chi connectivity index (χ4v) is 3.04. The van der Waals surface area contributed by atoms with Crippen LogP contribution in [0.3, 0.4) is 0 Å². The summed E-state index contributed by atoms with van der Waals surface area (Å²) in [5.41, 5.74) is 3.31. The fraction of sp³-hybridized carbons (Fsp3) is 0.684. The van der Waals surface area contributed by atoms with Gasteiger partial charge in [0, 0.05) is 0 Å². The Morgan fingerprint density at radius 3 is 2.43 bits per heavy atom. The van der Waals surface area contributed by atoms with Crippen molar-refractivity contribution in [3.63, 3.8) is 0 Å². The van der Waals surface area contributed by atoms with Gasteiger partial charge in [0.1, 0.15) is 5.52 Å². The highest BCUT2D eigenvalue weighted by Crippen LogP contribution is 2.13. The van der Waals surface area contributed by atoms with Crippen molar-refractivity contribution in [3.05, 3.63) is 23.8 Å². The molecule has 1 heterocycles. The van der Waals surface area contributed by atoms with Crippen LogP contribution in [0.5, 0.6) is 0 Å². The van der Waals surface area contributed by atoms with Crippen molar-refractivity contribution in [2.45, 2.75) is 71.1 Å². The van der Waals surface area contributed by atoms with Crippen molar-refractivity contribution in [2.75, 3.05) is 13.1 Å². The molecule has 0 saturated carbocycles. The molecule has 0 bridgehead atoms. The van der Waals surface area contributed by atoms with Crippen molar-refractivity contribution in [1.82, 2.24) is 20.7 Å². The van der Waals surface area contributed by atoms with E-state index >= 15 is 0 Å². The summed E-state index contributed by atoms with van der Waals surface area (Å²) in [6, 6.07) is 6.23. The number of hydrogen-bond acceptors (Lipinski definition) is 3. The molecule has 0 atom stereocenters. The lowest BCUT2D eigenvalue weighted by Crippen LogP contribution is -2.18. The van der Waals surface area contributed by atoms with Crippen LogP contribution >= 0.6 is 0 Å². The third kappa shape index (κ3) is 6.69. The number of hydrogen-bond donors (Lipinski definition) is 2. The largest absolute Gasteiger partial charge is 0.316 e. The second-order valence-electron chi connectivity index (χ2n) is 6.45. The Labute approximate surface area is 140 Å². The normalized spacial score (nSPS) is 11.3. The molecule has 0 aliphatic carbocycles. The summed E-state index contributed by atoms with van der Waals surface area (Å²) in [6.07, 6.45) is 13.5. The van der Waals surface area contributed by atoms with E-state index in [1.54, 1.807) is 0 Å². The Morgan fingerprint density at radius 2 is 1.65 bits per heavy atom. The van der Waals surface area contributed by atoms with Crippen LogP contribution in [0.15, 0.2) is 18.2 Å². The van der Waals surface area contributed by atoms with Crippen LogP contribution in [-0.4, -0.2) is 28.5 Å². The first-order valence-corrected chi connectivity index (χ1v) is 9.41. The zero-order valence-electron chi connectivity index (χ0n) is 14.6. The fourth-order valence-electron chi connectivity index (χ4n) is 3.04. The lowest BCUT2D eigenvalue weighted by Gasteiger charge is -2.05. The number of H-pyrrole nitrogens is 1. The van der Waals surface area contributed by atoms with Crippen molar-refractivity contribution in [3.8, 4) is 0 Å². The Bertz CT molecular complexity index is 535. The van der Waals surface area contributed by atoms with Gasteiger partial charge in [-0.25, -0.2) is 0 Å². The van der Waals surface area contributed by atoms with Crippen LogP contribution in [0, 0.1) is 0 Å². The lowest BCUT2D eigenvalue weighted by atomic mass is 10.1. The monoisotopic (exact) mass is 316 g/mol. The van der Waals surface area contributed by atoms with Gasteiger partial charge in [-0.2, -0.15) is 0 Å². The summed E-state index contributed by atoms with van der Waals surface area (Å²) in [5.74, 6) is 0. The van der Waals surface area contributed by atoms with Crippen LogP contribution in [0.25, 0.3) is 11.0 Å². The van der Waals surface area contributed by atoms with Crippen LogP contribution in [-0.2, 0) is 6.42 Å². The van der Waals surface area contributed by atoms with Gasteiger partial charge in [-0.1, -0.05) is 75.6 Å². The summed E-state index contributed by atoms with van der Waals surface area (Å²) < 4.78 is 0. The molecule has 0 aliphatic heterocycles. The molecule has 1 aromatic carbocycles. The predicted molar refractivity (Wildman–Crippen MR) is 97.7 cm³/mol. The summed E-state index contributed by atoms with van der Waals surface area (Å²) in [6.45, 7) is 4.42. The molecule has 2 rings (SSSR count). The number of nitrogens with one attached hydrogen (secondary N) is 2.